The molecular formula is C16H20O3. The molecule has 0 aromatic carbocycles. The lowest BCUT2D eigenvalue weighted by molar-refractivity contribution is -0.133. The van der Waals surface area contributed by atoms with Gasteiger partial charge in [0.1, 0.15) is 6.29 Å². The molecule has 1 fully saturated rings. The zero-order valence-electron chi connectivity index (χ0n) is 11.1. The van der Waals surface area contributed by atoms with E-state index in [2.05, 4.69) is 12.2 Å². The molecular weight excluding hydrogens is 240 g/mol. The summed E-state index contributed by atoms with van der Waals surface area (Å²) >= 11 is 0. The summed E-state index contributed by atoms with van der Waals surface area (Å²) in [5.41, 5.74) is 0.0398. The van der Waals surface area contributed by atoms with Crippen LogP contribution in [-0.2, 0) is 14.4 Å². The molecule has 3 nitrogen and oxygen atoms in total. The van der Waals surface area contributed by atoms with E-state index < -0.39 is 5.78 Å². The Hall–Kier alpha value is -1.51. The first-order valence-electron chi connectivity index (χ1n) is 7.05. The van der Waals surface area contributed by atoms with E-state index in [4.69, 9.17) is 0 Å². The van der Waals surface area contributed by atoms with Crippen LogP contribution in [0, 0.1) is 11.3 Å². The lowest BCUT2D eigenvalue weighted by Crippen LogP contribution is -2.13. The van der Waals surface area contributed by atoms with Crippen LogP contribution in [0.25, 0.3) is 0 Å². The maximum Gasteiger partial charge on any atom is 0.221 e. The maximum absolute atomic E-state index is 11.7. The van der Waals surface area contributed by atoms with E-state index in [0.29, 0.717) is 25.2 Å². The molecule has 0 amide bonds. The summed E-state index contributed by atoms with van der Waals surface area (Å²) in [5, 5.41) is 0. The van der Waals surface area contributed by atoms with Crippen LogP contribution in [0.15, 0.2) is 24.3 Å². The Kier molecular flexibility index (Phi) is 4.46. The third-order valence-electron chi connectivity index (χ3n) is 4.14. The molecule has 0 aromatic heterocycles. The number of carbonyl (C=O) groups is 3. The van der Waals surface area contributed by atoms with Crippen LogP contribution < -0.4 is 0 Å². The van der Waals surface area contributed by atoms with Crippen LogP contribution in [0.4, 0.5) is 0 Å². The highest BCUT2D eigenvalue weighted by molar-refractivity contribution is 6.41. The second-order valence-corrected chi connectivity index (χ2v) is 5.63. The zero-order valence-corrected chi connectivity index (χ0v) is 11.1. The molecule has 2 aliphatic rings. The number of hydrogen-bond acceptors (Lipinski definition) is 3. The molecule has 102 valence electrons. The number of carbonyl (C=O) groups excluding carboxylic acids is 3. The average Bonchev–Trinajstić information content (AvgIpc) is 3.01. The van der Waals surface area contributed by atoms with E-state index in [0.717, 1.165) is 19.1 Å². The van der Waals surface area contributed by atoms with Gasteiger partial charge in [-0.25, -0.2) is 0 Å². The molecule has 0 aromatic rings. The maximum atomic E-state index is 11.7. The Bertz CT molecular complexity index is 433. The summed E-state index contributed by atoms with van der Waals surface area (Å²) in [5.74, 6) is -0.0712. The van der Waals surface area contributed by atoms with Crippen molar-refractivity contribution in [2.24, 2.45) is 11.3 Å². The van der Waals surface area contributed by atoms with Gasteiger partial charge in [0.15, 0.2) is 0 Å². The van der Waals surface area contributed by atoms with Gasteiger partial charge in [0.2, 0.25) is 11.6 Å². The number of allylic oxidation sites excluding steroid dienone is 4. The molecule has 0 aliphatic heterocycles. The highest BCUT2D eigenvalue weighted by Gasteiger charge is 2.38. The fraction of sp³-hybridized carbons (Fsp3) is 0.562. The van der Waals surface area contributed by atoms with Gasteiger partial charge in [-0.1, -0.05) is 18.2 Å². The van der Waals surface area contributed by atoms with Crippen molar-refractivity contribution in [3.63, 3.8) is 0 Å². The number of aldehydes is 1. The van der Waals surface area contributed by atoms with Crippen LogP contribution >= 0.6 is 0 Å². The van der Waals surface area contributed by atoms with Gasteiger partial charge in [-0.2, -0.15) is 0 Å². The number of fused-ring (bicyclic) bond motifs is 2. The Morgan fingerprint density at radius 3 is 2.74 bits per heavy atom. The van der Waals surface area contributed by atoms with Crippen molar-refractivity contribution in [3.05, 3.63) is 24.3 Å². The molecule has 2 aliphatic carbocycles. The van der Waals surface area contributed by atoms with Crippen LogP contribution in [0.3, 0.4) is 0 Å². The number of rotatable bonds is 8. The molecule has 2 unspecified atom stereocenters. The molecule has 19 heavy (non-hydrogen) atoms. The third-order valence-corrected chi connectivity index (χ3v) is 4.14. The van der Waals surface area contributed by atoms with Gasteiger partial charge in [0.25, 0.3) is 0 Å². The predicted molar refractivity (Wildman–Crippen MR) is 72.6 cm³/mol. The molecule has 0 spiro atoms. The van der Waals surface area contributed by atoms with Gasteiger partial charge in [0, 0.05) is 18.3 Å². The Labute approximate surface area is 113 Å². The van der Waals surface area contributed by atoms with Crippen LogP contribution in [-0.4, -0.2) is 17.9 Å². The van der Waals surface area contributed by atoms with Crippen molar-refractivity contribution in [3.8, 4) is 0 Å². The number of hydrogen-bond donors (Lipinski definition) is 0. The van der Waals surface area contributed by atoms with Crippen molar-refractivity contribution >= 4 is 17.9 Å². The summed E-state index contributed by atoms with van der Waals surface area (Å²) < 4.78 is 0. The van der Waals surface area contributed by atoms with E-state index in [1.54, 1.807) is 0 Å². The SMILES string of the molecule is O=CCCCCC(=O)C(=O)C=CC12C=CC(CC1)C2. The molecule has 0 saturated heterocycles. The van der Waals surface area contributed by atoms with E-state index >= 15 is 0 Å². The minimum absolute atomic E-state index is 0.0398. The summed E-state index contributed by atoms with van der Waals surface area (Å²) in [6, 6.07) is 0. The van der Waals surface area contributed by atoms with Gasteiger partial charge in [0.05, 0.1) is 0 Å². The smallest absolute Gasteiger partial charge is 0.221 e. The quantitative estimate of drug-likeness (QED) is 0.222. The monoisotopic (exact) mass is 260 g/mol. The van der Waals surface area contributed by atoms with Gasteiger partial charge in [-0.15, -0.1) is 0 Å². The van der Waals surface area contributed by atoms with Crippen molar-refractivity contribution in [1.82, 2.24) is 0 Å². The van der Waals surface area contributed by atoms with Gasteiger partial charge < -0.3 is 4.79 Å². The minimum atomic E-state index is -0.399. The van der Waals surface area contributed by atoms with Crippen molar-refractivity contribution < 1.29 is 14.4 Å². The second kappa shape index (κ2) is 6.09. The first kappa shape index (κ1) is 13.9. The minimum Gasteiger partial charge on any atom is -0.303 e. The molecule has 3 heteroatoms. The fourth-order valence-electron chi connectivity index (χ4n) is 2.97. The molecule has 2 rings (SSSR count). The van der Waals surface area contributed by atoms with E-state index in [1.807, 2.05) is 6.08 Å². The van der Waals surface area contributed by atoms with Crippen LogP contribution in [0.2, 0.25) is 0 Å². The number of unbranched alkanes of at least 4 members (excludes halogenated alkanes) is 2. The Morgan fingerprint density at radius 2 is 2.16 bits per heavy atom. The van der Waals surface area contributed by atoms with Crippen LogP contribution in [0.5, 0.6) is 0 Å². The highest BCUT2D eigenvalue weighted by atomic mass is 16.2. The van der Waals surface area contributed by atoms with Crippen molar-refractivity contribution in [2.45, 2.75) is 44.9 Å². The molecule has 1 saturated carbocycles. The zero-order chi connectivity index (χ0) is 13.7. The van der Waals surface area contributed by atoms with E-state index in [9.17, 15) is 14.4 Å². The molecule has 0 heterocycles. The topological polar surface area (TPSA) is 51.2 Å². The highest BCUT2D eigenvalue weighted by Crippen LogP contribution is 2.49. The summed E-state index contributed by atoms with van der Waals surface area (Å²) in [4.78, 5) is 33.4. The predicted octanol–water partition coefficient (Wildman–Crippen LogP) is 2.80. The summed E-state index contributed by atoms with van der Waals surface area (Å²) in [6.45, 7) is 0. The van der Waals surface area contributed by atoms with Crippen molar-refractivity contribution in [2.75, 3.05) is 0 Å². The first-order chi connectivity index (χ1) is 9.15. The summed E-state index contributed by atoms with van der Waals surface area (Å²) in [7, 11) is 0. The average molecular weight is 260 g/mol. The lowest BCUT2D eigenvalue weighted by Gasteiger charge is -2.17. The number of ketones is 2. The standard InChI is InChI=1S/C16H20O3/c17-11-3-1-2-4-14(18)15(19)7-10-16-8-5-13(12-16)6-9-16/h5,7-8,10-11,13H,1-4,6,9,12H2. The number of Topliss-reactive ketones (excluding diaryl/α,β-unsaturated/α-hetero) is 1. The first-order valence-corrected chi connectivity index (χ1v) is 7.05. The fourth-order valence-corrected chi connectivity index (χ4v) is 2.97. The van der Waals surface area contributed by atoms with E-state index in [-0.39, 0.29) is 17.6 Å². The molecule has 0 N–H and O–H groups in total. The largest absolute Gasteiger partial charge is 0.303 e. The normalized spacial score (nSPS) is 28.1. The second-order valence-electron chi connectivity index (χ2n) is 5.63. The summed E-state index contributed by atoms with van der Waals surface area (Å²) in [6.07, 6.45) is 14.0. The molecule has 2 atom stereocenters. The third kappa shape index (κ3) is 3.49. The van der Waals surface area contributed by atoms with E-state index in [1.165, 1.54) is 12.5 Å². The van der Waals surface area contributed by atoms with Gasteiger partial charge in [-0.3, -0.25) is 9.59 Å². The van der Waals surface area contributed by atoms with Crippen molar-refractivity contribution in [1.29, 1.82) is 0 Å². The Balaban J connectivity index is 1.79. The molecule has 2 bridgehead atoms. The Morgan fingerprint density at radius 1 is 1.32 bits per heavy atom. The molecule has 0 radical (unpaired) electrons. The lowest BCUT2D eigenvalue weighted by atomic mass is 9.87. The van der Waals surface area contributed by atoms with Crippen LogP contribution in [0.1, 0.15) is 44.9 Å². The van der Waals surface area contributed by atoms with Gasteiger partial charge in [-0.05, 0) is 44.1 Å². The van der Waals surface area contributed by atoms with Gasteiger partial charge >= 0.3 is 0 Å².